The fourth-order valence-corrected chi connectivity index (χ4v) is 6.83. The summed E-state index contributed by atoms with van der Waals surface area (Å²) >= 11 is 3.09. The molecule has 1 saturated carbocycles. The first-order chi connectivity index (χ1) is 18.6. The van der Waals surface area contributed by atoms with Gasteiger partial charge in [0.2, 0.25) is 5.91 Å². The second-order valence-corrected chi connectivity index (χ2v) is 11.6. The van der Waals surface area contributed by atoms with Crippen LogP contribution in [0.25, 0.3) is 0 Å². The fraction of sp³-hybridized carbons (Fsp3) is 0.276. The number of carbonyl (C=O) groups excluding carboxylic acids is 3. The highest BCUT2D eigenvalue weighted by molar-refractivity contribution is 7.99. The molecule has 0 unspecified atom stereocenters. The predicted octanol–water partition coefficient (Wildman–Crippen LogP) is 5.94. The normalized spacial score (nSPS) is 15.3. The van der Waals surface area contributed by atoms with Gasteiger partial charge in [-0.2, -0.15) is 0 Å². The number of thiophene rings is 1. The number of benzene rings is 2. The van der Waals surface area contributed by atoms with E-state index < -0.39 is 0 Å². The van der Waals surface area contributed by atoms with Crippen molar-refractivity contribution in [3.05, 3.63) is 92.9 Å². The van der Waals surface area contributed by atoms with E-state index in [0.29, 0.717) is 34.0 Å². The minimum atomic E-state index is -0.209. The first-order valence-corrected chi connectivity index (χ1v) is 14.7. The van der Waals surface area contributed by atoms with Gasteiger partial charge in [0, 0.05) is 45.3 Å². The third-order valence-electron chi connectivity index (χ3n) is 7.13. The summed E-state index contributed by atoms with van der Waals surface area (Å²) in [6.45, 7) is 0. The minimum Gasteiger partial charge on any atom is -0.325 e. The fourth-order valence-electron chi connectivity index (χ4n) is 5.31. The number of aromatic nitrogens is 3. The number of nitrogens with zero attached hydrogens (tertiary/aromatic N) is 3. The van der Waals surface area contributed by atoms with Crippen LogP contribution < -0.4 is 5.32 Å². The number of amides is 1. The van der Waals surface area contributed by atoms with E-state index in [-0.39, 0.29) is 23.2 Å². The van der Waals surface area contributed by atoms with E-state index in [2.05, 4.69) is 31.5 Å². The van der Waals surface area contributed by atoms with Crippen molar-refractivity contribution < 1.29 is 14.4 Å². The Hall–Kier alpha value is -3.56. The summed E-state index contributed by atoms with van der Waals surface area (Å²) in [4.78, 5) is 40.0. The van der Waals surface area contributed by atoms with Crippen LogP contribution in [0.5, 0.6) is 0 Å². The Labute approximate surface area is 228 Å². The lowest BCUT2D eigenvalue weighted by Crippen LogP contribution is -2.22. The van der Waals surface area contributed by atoms with Crippen molar-refractivity contribution in [3.63, 3.8) is 0 Å². The molecule has 2 aromatic carbocycles. The number of hydrogen-bond donors (Lipinski definition) is 1. The van der Waals surface area contributed by atoms with Crippen molar-refractivity contribution >= 4 is 46.3 Å². The molecule has 0 spiro atoms. The predicted molar refractivity (Wildman–Crippen MR) is 148 cm³/mol. The molecule has 0 atom stereocenters. The van der Waals surface area contributed by atoms with Crippen LogP contribution in [-0.2, 0) is 11.2 Å². The molecule has 192 valence electrons. The Morgan fingerprint density at radius 2 is 1.66 bits per heavy atom. The average Bonchev–Trinajstić information content (AvgIpc) is 3.61. The van der Waals surface area contributed by atoms with Gasteiger partial charge >= 0.3 is 0 Å². The van der Waals surface area contributed by atoms with Gasteiger partial charge in [-0.05, 0) is 42.5 Å². The van der Waals surface area contributed by atoms with E-state index in [9.17, 15) is 14.4 Å². The zero-order chi connectivity index (χ0) is 26.1. The Kier molecular flexibility index (Phi) is 6.95. The van der Waals surface area contributed by atoms with E-state index >= 15 is 0 Å². The highest BCUT2D eigenvalue weighted by Gasteiger charge is 2.29. The molecule has 38 heavy (non-hydrogen) atoms. The zero-order valence-electron chi connectivity index (χ0n) is 20.7. The van der Waals surface area contributed by atoms with Crippen molar-refractivity contribution in [1.82, 2.24) is 14.8 Å². The Morgan fingerprint density at radius 3 is 2.39 bits per heavy atom. The molecule has 2 aliphatic rings. The summed E-state index contributed by atoms with van der Waals surface area (Å²) in [6.07, 6.45) is 6.56. The maximum Gasteiger partial charge on any atom is 0.234 e. The molecule has 9 heteroatoms. The lowest BCUT2D eigenvalue weighted by Gasteiger charge is -2.25. The van der Waals surface area contributed by atoms with E-state index in [0.717, 1.165) is 30.2 Å². The molecule has 1 fully saturated rings. The van der Waals surface area contributed by atoms with E-state index in [1.54, 1.807) is 53.8 Å². The Morgan fingerprint density at radius 1 is 0.921 bits per heavy atom. The summed E-state index contributed by atoms with van der Waals surface area (Å²) in [6, 6.07) is 16.2. The SMILES string of the molecule is O=C(CSc1nnc(Cc2cccs2)n1C1CCCCC1)Nc1ccc2c(c1)C(=O)c1ccccc1C2=O. The minimum absolute atomic E-state index is 0.163. The molecule has 2 heterocycles. The van der Waals surface area contributed by atoms with Crippen LogP contribution >= 0.6 is 23.1 Å². The summed E-state index contributed by atoms with van der Waals surface area (Å²) in [5.41, 5.74) is 1.97. The van der Waals surface area contributed by atoms with Crippen molar-refractivity contribution in [2.24, 2.45) is 0 Å². The van der Waals surface area contributed by atoms with Gasteiger partial charge in [-0.3, -0.25) is 14.4 Å². The molecule has 6 rings (SSSR count). The number of hydrogen-bond acceptors (Lipinski definition) is 7. The van der Waals surface area contributed by atoms with Crippen LogP contribution in [0.3, 0.4) is 0 Å². The summed E-state index contributed by atoms with van der Waals surface area (Å²) in [5.74, 6) is 0.517. The number of nitrogens with one attached hydrogen (secondary N) is 1. The quantitative estimate of drug-likeness (QED) is 0.256. The van der Waals surface area contributed by atoms with Crippen molar-refractivity contribution in [1.29, 1.82) is 0 Å². The Bertz CT molecular complexity index is 1520. The second-order valence-electron chi connectivity index (χ2n) is 9.62. The third kappa shape index (κ3) is 4.83. The first kappa shape index (κ1) is 24.8. The molecular formula is C29H26N4O3S2. The molecule has 2 aromatic heterocycles. The zero-order valence-corrected chi connectivity index (χ0v) is 22.3. The van der Waals surface area contributed by atoms with Gasteiger partial charge in [-0.25, -0.2) is 0 Å². The highest BCUT2D eigenvalue weighted by atomic mass is 32.2. The van der Waals surface area contributed by atoms with Gasteiger partial charge in [0.15, 0.2) is 16.7 Å². The molecule has 2 aliphatic carbocycles. The van der Waals surface area contributed by atoms with Gasteiger partial charge in [0.1, 0.15) is 5.82 Å². The molecule has 7 nitrogen and oxygen atoms in total. The monoisotopic (exact) mass is 542 g/mol. The molecule has 0 bridgehead atoms. The molecule has 0 aliphatic heterocycles. The lowest BCUT2D eigenvalue weighted by atomic mass is 9.84. The van der Waals surface area contributed by atoms with E-state index in [1.165, 1.54) is 35.9 Å². The summed E-state index contributed by atoms with van der Waals surface area (Å²) in [5, 5.41) is 14.7. The standard InChI is InChI=1S/C29H26N4O3S2/c34-26(30-18-12-13-23-24(15-18)28(36)22-11-5-4-10-21(22)27(23)35)17-38-29-32-31-25(16-20-9-6-14-37-20)33(29)19-7-2-1-3-8-19/h4-6,9-15,19H,1-3,7-8,16-17H2,(H,30,34). The Balaban J connectivity index is 1.17. The maximum atomic E-state index is 13.0. The number of anilines is 1. The largest absolute Gasteiger partial charge is 0.325 e. The van der Waals surface area contributed by atoms with Crippen LogP contribution in [0.1, 0.15) is 80.7 Å². The van der Waals surface area contributed by atoms with Crippen molar-refractivity contribution in [3.8, 4) is 0 Å². The van der Waals surface area contributed by atoms with Crippen LogP contribution in [0.15, 0.2) is 65.1 Å². The maximum absolute atomic E-state index is 13.0. The smallest absolute Gasteiger partial charge is 0.234 e. The van der Waals surface area contributed by atoms with Gasteiger partial charge in [-0.1, -0.05) is 61.4 Å². The van der Waals surface area contributed by atoms with Crippen LogP contribution in [0.4, 0.5) is 5.69 Å². The van der Waals surface area contributed by atoms with Crippen molar-refractivity contribution in [2.75, 3.05) is 11.1 Å². The molecule has 0 radical (unpaired) electrons. The number of fused-ring (bicyclic) bond motifs is 2. The number of thioether (sulfide) groups is 1. The second kappa shape index (κ2) is 10.7. The lowest BCUT2D eigenvalue weighted by molar-refractivity contribution is -0.113. The van der Waals surface area contributed by atoms with Gasteiger partial charge in [-0.15, -0.1) is 21.5 Å². The average molecular weight is 543 g/mol. The molecular weight excluding hydrogens is 516 g/mol. The topological polar surface area (TPSA) is 93.9 Å². The van der Waals surface area contributed by atoms with Crippen LogP contribution in [0, 0.1) is 0 Å². The van der Waals surface area contributed by atoms with E-state index in [4.69, 9.17) is 0 Å². The molecule has 4 aromatic rings. The highest BCUT2D eigenvalue weighted by Crippen LogP contribution is 2.34. The van der Waals surface area contributed by atoms with Crippen LogP contribution in [0.2, 0.25) is 0 Å². The van der Waals surface area contributed by atoms with Crippen molar-refractivity contribution in [2.45, 2.75) is 49.7 Å². The van der Waals surface area contributed by atoms with Gasteiger partial charge in [0.25, 0.3) is 0 Å². The molecule has 0 saturated heterocycles. The number of carbonyl (C=O) groups is 3. The van der Waals surface area contributed by atoms with Crippen LogP contribution in [-0.4, -0.2) is 38.0 Å². The number of rotatable bonds is 7. The molecule has 1 N–H and O–H groups in total. The third-order valence-corrected chi connectivity index (χ3v) is 8.95. The number of ketones is 2. The molecule has 1 amide bonds. The summed E-state index contributed by atoms with van der Waals surface area (Å²) < 4.78 is 2.25. The van der Waals surface area contributed by atoms with E-state index in [1.807, 2.05) is 6.07 Å². The van der Waals surface area contributed by atoms with Gasteiger partial charge < -0.3 is 9.88 Å². The van der Waals surface area contributed by atoms with Gasteiger partial charge in [0.05, 0.1) is 5.75 Å². The first-order valence-electron chi connectivity index (χ1n) is 12.8. The summed E-state index contributed by atoms with van der Waals surface area (Å²) in [7, 11) is 0.